The summed E-state index contributed by atoms with van der Waals surface area (Å²) >= 11 is 0. The van der Waals surface area contributed by atoms with E-state index in [1.807, 2.05) is 43.3 Å². The fourth-order valence-electron chi connectivity index (χ4n) is 3.20. The van der Waals surface area contributed by atoms with Crippen molar-refractivity contribution in [1.82, 2.24) is 0 Å². The third-order valence-electron chi connectivity index (χ3n) is 4.93. The first-order valence-corrected chi connectivity index (χ1v) is 9.65. The first kappa shape index (κ1) is 21.6. The summed E-state index contributed by atoms with van der Waals surface area (Å²) in [4.78, 5) is 13.0. The smallest absolute Gasteiger partial charge is 0.322 e. The highest BCUT2D eigenvalue weighted by Crippen LogP contribution is 2.32. The Kier molecular flexibility index (Phi) is 5.75. The van der Waals surface area contributed by atoms with Crippen molar-refractivity contribution in [3.05, 3.63) is 89.0 Å². The van der Waals surface area contributed by atoms with Crippen LogP contribution in [0.15, 0.2) is 66.7 Å². The van der Waals surface area contributed by atoms with Gasteiger partial charge in [-0.05, 0) is 59.4 Å². The number of carbonyl (C=O) groups is 1. The lowest BCUT2D eigenvalue weighted by Crippen LogP contribution is -2.15. The molecule has 30 heavy (non-hydrogen) atoms. The molecule has 0 aliphatic rings. The average molecular weight is 411 g/mol. The van der Waals surface area contributed by atoms with Crippen molar-refractivity contribution in [1.29, 1.82) is 0 Å². The summed E-state index contributed by atoms with van der Waals surface area (Å²) in [5.41, 5.74) is 3.45. The molecule has 0 atom stereocenters. The minimum absolute atomic E-state index is 0.0595. The summed E-state index contributed by atoms with van der Waals surface area (Å²) in [7, 11) is 0. The number of rotatable bonds is 3. The molecule has 0 aliphatic carbocycles. The summed E-state index contributed by atoms with van der Waals surface area (Å²) in [6.07, 6.45) is -4.40. The summed E-state index contributed by atoms with van der Waals surface area (Å²) in [6.45, 7) is 8.16. The van der Waals surface area contributed by atoms with Gasteiger partial charge in [0.2, 0.25) is 0 Å². The molecular weight excluding hydrogens is 387 g/mol. The second kappa shape index (κ2) is 7.98. The second-order valence-corrected chi connectivity index (χ2v) is 8.41. The number of hydrogen-bond acceptors (Lipinski definition) is 1. The van der Waals surface area contributed by atoms with Crippen molar-refractivity contribution in [2.45, 2.75) is 39.3 Å². The quantitative estimate of drug-likeness (QED) is 0.484. The van der Waals surface area contributed by atoms with E-state index in [0.29, 0.717) is 22.4 Å². The van der Waals surface area contributed by atoms with Crippen LogP contribution in [-0.4, -0.2) is 5.91 Å². The van der Waals surface area contributed by atoms with Gasteiger partial charge in [0.05, 0.1) is 5.56 Å². The number of nitrogens with one attached hydrogen (secondary N) is 1. The van der Waals surface area contributed by atoms with Crippen molar-refractivity contribution in [3.8, 4) is 11.1 Å². The van der Waals surface area contributed by atoms with Crippen LogP contribution in [0.1, 0.15) is 47.8 Å². The van der Waals surface area contributed by atoms with E-state index in [0.717, 1.165) is 23.3 Å². The Hall–Kier alpha value is -3.08. The predicted octanol–water partition coefficient (Wildman–Crippen LogP) is 7.23. The zero-order valence-electron chi connectivity index (χ0n) is 17.4. The Morgan fingerprint density at radius 2 is 1.50 bits per heavy atom. The largest absolute Gasteiger partial charge is 0.416 e. The average Bonchev–Trinajstić information content (AvgIpc) is 2.67. The summed E-state index contributed by atoms with van der Waals surface area (Å²) < 4.78 is 38.7. The number of hydrogen-bond donors (Lipinski definition) is 1. The number of carbonyl (C=O) groups excluding carboxylic acids is 1. The van der Waals surface area contributed by atoms with Crippen LogP contribution in [0.4, 0.5) is 18.9 Å². The number of aryl methyl sites for hydroxylation is 1. The van der Waals surface area contributed by atoms with Crippen molar-refractivity contribution in [2.24, 2.45) is 0 Å². The molecule has 3 rings (SSSR count). The predicted molar refractivity (Wildman–Crippen MR) is 115 cm³/mol. The topological polar surface area (TPSA) is 29.1 Å². The molecule has 0 saturated carbocycles. The van der Waals surface area contributed by atoms with Crippen molar-refractivity contribution >= 4 is 11.6 Å². The molecule has 0 heterocycles. The van der Waals surface area contributed by atoms with E-state index < -0.39 is 11.7 Å². The van der Waals surface area contributed by atoms with E-state index in [9.17, 15) is 18.0 Å². The van der Waals surface area contributed by atoms with E-state index >= 15 is 0 Å². The zero-order valence-corrected chi connectivity index (χ0v) is 17.4. The van der Waals surface area contributed by atoms with E-state index in [4.69, 9.17) is 0 Å². The van der Waals surface area contributed by atoms with Crippen LogP contribution in [0.25, 0.3) is 11.1 Å². The van der Waals surface area contributed by atoms with Gasteiger partial charge in [-0.25, -0.2) is 0 Å². The maximum Gasteiger partial charge on any atom is 0.416 e. The molecule has 0 spiro atoms. The van der Waals surface area contributed by atoms with Gasteiger partial charge in [-0.2, -0.15) is 13.2 Å². The highest BCUT2D eigenvalue weighted by atomic mass is 19.4. The standard InChI is InChI=1S/C25H24F3NO/c1-16-8-13-21(22(14-16)17-9-11-18(12-10-17)25(26,27)28)23(30)29-20-7-5-6-19(15-20)24(2,3)4/h5-15H,1-4H3,(H,29,30). The molecule has 0 aliphatic heterocycles. The molecule has 1 amide bonds. The van der Waals surface area contributed by atoms with Gasteiger partial charge in [-0.15, -0.1) is 0 Å². The van der Waals surface area contributed by atoms with Gasteiger partial charge < -0.3 is 5.32 Å². The first-order valence-electron chi connectivity index (χ1n) is 9.65. The lowest BCUT2D eigenvalue weighted by atomic mass is 9.87. The molecule has 0 radical (unpaired) electrons. The number of alkyl halides is 3. The highest BCUT2D eigenvalue weighted by molar-refractivity contribution is 6.08. The molecule has 0 saturated heterocycles. The fraction of sp³-hybridized carbons (Fsp3) is 0.240. The van der Waals surface area contributed by atoms with Gasteiger partial charge in [0.1, 0.15) is 0 Å². The van der Waals surface area contributed by atoms with Crippen LogP contribution in [0, 0.1) is 6.92 Å². The number of benzene rings is 3. The third-order valence-corrected chi connectivity index (χ3v) is 4.93. The van der Waals surface area contributed by atoms with Gasteiger partial charge in [0.25, 0.3) is 5.91 Å². The highest BCUT2D eigenvalue weighted by Gasteiger charge is 2.30. The van der Waals surface area contributed by atoms with Gasteiger partial charge >= 0.3 is 6.18 Å². The van der Waals surface area contributed by atoms with Gasteiger partial charge in [-0.1, -0.05) is 62.7 Å². The normalized spacial score (nSPS) is 12.0. The Balaban J connectivity index is 1.95. The number of anilines is 1. The Morgan fingerprint density at radius 1 is 0.833 bits per heavy atom. The number of halogens is 3. The maximum atomic E-state index is 13.0. The molecule has 156 valence electrons. The Bertz CT molecular complexity index is 1060. The second-order valence-electron chi connectivity index (χ2n) is 8.41. The van der Waals surface area contributed by atoms with Crippen molar-refractivity contribution in [2.75, 3.05) is 5.32 Å². The molecule has 3 aromatic rings. The van der Waals surface area contributed by atoms with E-state index in [1.165, 1.54) is 12.1 Å². The molecule has 0 fully saturated rings. The van der Waals surface area contributed by atoms with Crippen LogP contribution < -0.4 is 5.32 Å². The van der Waals surface area contributed by atoms with Crippen LogP contribution in [0.2, 0.25) is 0 Å². The zero-order chi connectivity index (χ0) is 22.1. The monoisotopic (exact) mass is 411 g/mol. The SMILES string of the molecule is Cc1ccc(C(=O)Nc2cccc(C(C)(C)C)c2)c(-c2ccc(C(F)(F)F)cc2)c1. The molecule has 0 bridgehead atoms. The summed E-state index contributed by atoms with van der Waals surface area (Å²) in [5, 5.41) is 2.92. The molecule has 3 aromatic carbocycles. The van der Waals surface area contributed by atoms with E-state index in [2.05, 4.69) is 26.1 Å². The molecule has 0 unspecified atom stereocenters. The van der Waals surface area contributed by atoms with Crippen LogP contribution in [0.5, 0.6) is 0 Å². The van der Waals surface area contributed by atoms with Crippen molar-refractivity contribution in [3.63, 3.8) is 0 Å². The minimum Gasteiger partial charge on any atom is -0.322 e. The molecule has 5 heteroatoms. The molecular formula is C25H24F3NO. The van der Waals surface area contributed by atoms with Gasteiger partial charge in [0.15, 0.2) is 0 Å². The van der Waals surface area contributed by atoms with Crippen LogP contribution in [0.3, 0.4) is 0 Å². The Labute approximate surface area is 174 Å². The van der Waals surface area contributed by atoms with Crippen LogP contribution >= 0.6 is 0 Å². The van der Waals surface area contributed by atoms with E-state index in [-0.39, 0.29) is 11.3 Å². The van der Waals surface area contributed by atoms with Crippen LogP contribution in [-0.2, 0) is 11.6 Å². The summed E-state index contributed by atoms with van der Waals surface area (Å²) in [5.74, 6) is -0.309. The lowest BCUT2D eigenvalue weighted by Gasteiger charge is -2.20. The fourth-order valence-corrected chi connectivity index (χ4v) is 3.20. The summed E-state index contributed by atoms with van der Waals surface area (Å²) in [6, 6.07) is 17.8. The van der Waals surface area contributed by atoms with Gasteiger partial charge in [0, 0.05) is 11.3 Å². The molecule has 0 aromatic heterocycles. The number of amides is 1. The van der Waals surface area contributed by atoms with Crippen molar-refractivity contribution < 1.29 is 18.0 Å². The van der Waals surface area contributed by atoms with Gasteiger partial charge in [-0.3, -0.25) is 4.79 Å². The third kappa shape index (κ3) is 4.90. The maximum absolute atomic E-state index is 13.0. The molecule has 1 N–H and O–H groups in total. The lowest BCUT2D eigenvalue weighted by molar-refractivity contribution is -0.137. The Morgan fingerprint density at radius 3 is 2.10 bits per heavy atom. The minimum atomic E-state index is -4.40. The molecule has 2 nitrogen and oxygen atoms in total. The van der Waals surface area contributed by atoms with E-state index in [1.54, 1.807) is 6.07 Å². The first-order chi connectivity index (χ1) is 13.9.